The maximum atomic E-state index is 5.23. The van der Waals surface area contributed by atoms with Crippen LogP contribution in [0.5, 0.6) is 5.75 Å². The predicted octanol–water partition coefficient (Wildman–Crippen LogP) is 2.75. The Kier molecular flexibility index (Phi) is 4.86. The zero-order valence-corrected chi connectivity index (χ0v) is 14.1. The van der Waals surface area contributed by atoms with Gasteiger partial charge in [0.2, 0.25) is 0 Å². The number of ether oxygens (including phenoxy) is 1. The summed E-state index contributed by atoms with van der Waals surface area (Å²) in [7, 11) is 5.81. The topological polar surface area (TPSA) is 63.2 Å². The monoisotopic (exact) mass is 323 g/mol. The average molecular weight is 323 g/mol. The van der Waals surface area contributed by atoms with Crippen LogP contribution in [0.4, 0.5) is 5.82 Å². The minimum absolute atomic E-state index is 0.206. The van der Waals surface area contributed by atoms with E-state index in [2.05, 4.69) is 51.4 Å². The molecule has 1 N–H and O–H groups in total. The van der Waals surface area contributed by atoms with Gasteiger partial charge >= 0.3 is 0 Å². The number of likely N-dealkylation sites (N-methyl/N-ethyl adjacent to an activating group) is 1. The van der Waals surface area contributed by atoms with E-state index in [9.17, 15) is 0 Å². The number of hydrogen-bond donors (Lipinski definition) is 1. The van der Waals surface area contributed by atoms with Crippen molar-refractivity contribution in [2.24, 2.45) is 0 Å². The van der Waals surface area contributed by atoms with Crippen LogP contribution >= 0.6 is 0 Å². The number of methoxy groups -OCH3 is 1. The van der Waals surface area contributed by atoms with Crippen LogP contribution in [0.15, 0.2) is 48.9 Å². The highest BCUT2D eigenvalue weighted by molar-refractivity contribution is 5.85. The second-order valence-electron chi connectivity index (χ2n) is 5.73. The zero-order valence-electron chi connectivity index (χ0n) is 14.1. The van der Waals surface area contributed by atoms with Crippen molar-refractivity contribution in [1.29, 1.82) is 0 Å². The minimum Gasteiger partial charge on any atom is -0.497 e. The lowest BCUT2D eigenvalue weighted by Crippen LogP contribution is -2.27. The lowest BCUT2D eigenvalue weighted by Gasteiger charge is -2.25. The summed E-state index contributed by atoms with van der Waals surface area (Å²) in [5, 5.41) is 4.36. The van der Waals surface area contributed by atoms with Crippen molar-refractivity contribution in [2.75, 3.05) is 33.1 Å². The Balaban J connectivity index is 1.80. The van der Waals surface area contributed by atoms with Gasteiger partial charge in [0.25, 0.3) is 0 Å². The number of hydrogen-bond acceptors (Lipinski definition) is 6. The lowest BCUT2D eigenvalue weighted by molar-refractivity contribution is 0.311. The standard InChI is InChI=1S/C18H21N5O/c1-23(2)16(13-6-8-14(24-3)9-7-13)11-20-18-15-5-4-10-19-17(15)21-12-22-18/h4-10,12,16H,11H2,1-3H3,(H,19,20,21,22). The second kappa shape index (κ2) is 7.23. The van der Waals surface area contributed by atoms with E-state index in [0.717, 1.165) is 23.5 Å². The third-order valence-electron chi connectivity index (χ3n) is 4.00. The number of anilines is 1. The van der Waals surface area contributed by atoms with Gasteiger partial charge in [-0.15, -0.1) is 0 Å². The van der Waals surface area contributed by atoms with Crippen molar-refractivity contribution in [3.8, 4) is 5.75 Å². The number of pyridine rings is 1. The number of rotatable bonds is 6. The van der Waals surface area contributed by atoms with Gasteiger partial charge in [-0.25, -0.2) is 15.0 Å². The van der Waals surface area contributed by atoms with Crippen molar-refractivity contribution in [3.05, 3.63) is 54.5 Å². The van der Waals surface area contributed by atoms with E-state index in [1.165, 1.54) is 11.9 Å². The van der Waals surface area contributed by atoms with E-state index in [-0.39, 0.29) is 6.04 Å². The molecule has 24 heavy (non-hydrogen) atoms. The molecule has 3 rings (SSSR count). The SMILES string of the molecule is COc1ccc(C(CNc2ncnc3ncccc23)N(C)C)cc1. The van der Waals surface area contributed by atoms with Gasteiger partial charge in [-0.05, 0) is 43.9 Å². The predicted molar refractivity (Wildman–Crippen MR) is 95.2 cm³/mol. The Labute approximate surface area is 141 Å². The van der Waals surface area contributed by atoms with Gasteiger partial charge in [0.1, 0.15) is 17.9 Å². The summed E-state index contributed by atoms with van der Waals surface area (Å²) in [5.74, 6) is 1.66. The smallest absolute Gasteiger partial charge is 0.164 e. The van der Waals surface area contributed by atoms with Crippen LogP contribution in [0.25, 0.3) is 11.0 Å². The molecule has 0 aliphatic heterocycles. The van der Waals surface area contributed by atoms with Gasteiger partial charge in [0.05, 0.1) is 18.5 Å². The van der Waals surface area contributed by atoms with E-state index < -0.39 is 0 Å². The molecule has 0 spiro atoms. The maximum absolute atomic E-state index is 5.23. The molecule has 1 unspecified atom stereocenters. The molecule has 0 fully saturated rings. The molecule has 2 heterocycles. The van der Waals surface area contributed by atoms with Crippen molar-refractivity contribution < 1.29 is 4.74 Å². The van der Waals surface area contributed by atoms with E-state index in [1.807, 2.05) is 24.3 Å². The molecule has 124 valence electrons. The molecule has 0 saturated heterocycles. The molecule has 6 nitrogen and oxygen atoms in total. The Bertz CT molecular complexity index is 799. The third-order valence-corrected chi connectivity index (χ3v) is 4.00. The van der Waals surface area contributed by atoms with E-state index in [1.54, 1.807) is 13.3 Å². The minimum atomic E-state index is 0.206. The molecule has 0 aliphatic carbocycles. The van der Waals surface area contributed by atoms with E-state index >= 15 is 0 Å². The number of benzene rings is 1. The van der Waals surface area contributed by atoms with Gasteiger partial charge in [-0.3, -0.25) is 0 Å². The fourth-order valence-corrected chi connectivity index (χ4v) is 2.65. The highest BCUT2D eigenvalue weighted by atomic mass is 16.5. The molecule has 1 aromatic carbocycles. The van der Waals surface area contributed by atoms with Crippen molar-refractivity contribution in [2.45, 2.75) is 6.04 Å². The van der Waals surface area contributed by atoms with Crippen LogP contribution in [0.1, 0.15) is 11.6 Å². The summed E-state index contributed by atoms with van der Waals surface area (Å²) in [5.41, 5.74) is 1.91. The maximum Gasteiger partial charge on any atom is 0.164 e. The van der Waals surface area contributed by atoms with Crippen LogP contribution in [0.2, 0.25) is 0 Å². The number of nitrogens with zero attached hydrogens (tertiary/aromatic N) is 4. The fourth-order valence-electron chi connectivity index (χ4n) is 2.65. The second-order valence-corrected chi connectivity index (χ2v) is 5.73. The molecule has 3 aromatic rings. The molecule has 1 atom stereocenters. The first-order valence-electron chi connectivity index (χ1n) is 7.79. The first-order chi connectivity index (χ1) is 11.7. The summed E-state index contributed by atoms with van der Waals surface area (Å²) in [6.45, 7) is 0.723. The molecule has 6 heteroatoms. The average Bonchev–Trinajstić information content (AvgIpc) is 2.62. The first-order valence-corrected chi connectivity index (χ1v) is 7.79. The summed E-state index contributed by atoms with van der Waals surface area (Å²) in [6, 6.07) is 12.2. The van der Waals surface area contributed by atoms with Gasteiger partial charge in [-0.2, -0.15) is 0 Å². The molecular weight excluding hydrogens is 302 g/mol. The fraction of sp³-hybridized carbons (Fsp3) is 0.278. The number of nitrogens with one attached hydrogen (secondary N) is 1. The van der Waals surface area contributed by atoms with Gasteiger partial charge in [-0.1, -0.05) is 12.1 Å². The van der Waals surface area contributed by atoms with Crippen molar-refractivity contribution in [3.63, 3.8) is 0 Å². The van der Waals surface area contributed by atoms with Crippen molar-refractivity contribution >= 4 is 16.9 Å². The van der Waals surface area contributed by atoms with E-state index in [4.69, 9.17) is 4.74 Å². The molecule has 0 radical (unpaired) electrons. The lowest BCUT2D eigenvalue weighted by atomic mass is 10.1. The Hall–Kier alpha value is -2.73. The molecular formula is C18H21N5O. The van der Waals surface area contributed by atoms with Crippen LogP contribution in [0.3, 0.4) is 0 Å². The Morgan fingerprint density at radius 3 is 2.58 bits per heavy atom. The molecule has 2 aromatic heterocycles. The highest BCUT2D eigenvalue weighted by Crippen LogP contribution is 2.23. The van der Waals surface area contributed by atoms with Crippen LogP contribution in [-0.4, -0.2) is 47.6 Å². The summed E-state index contributed by atoms with van der Waals surface area (Å²) in [6.07, 6.45) is 3.27. The van der Waals surface area contributed by atoms with Gasteiger partial charge in [0.15, 0.2) is 5.65 Å². The normalized spacial score (nSPS) is 12.3. The summed E-state index contributed by atoms with van der Waals surface area (Å²) >= 11 is 0. The summed E-state index contributed by atoms with van der Waals surface area (Å²) in [4.78, 5) is 15.0. The highest BCUT2D eigenvalue weighted by Gasteiger charge is 2.15. The Morgan fingerprint density at radius 2 is 1.88 bits per heavy atom. The molecule has 0 aliphatic rings. The largest absolute Gasteiger partial charge is 0.497 e. The quantitative estimate of drug-likeness (QED) is 0.752. The Morgan fingerprint density at radius 1 is 1.08 bits per heavy atom. The molecule has 0 bridgehead atoms. The third kappa shape index (κ3) is 3.44. The zero-order chi connectivity index (χ0) is 16.9. The van der Waals surface area contributed by atoms with Gasteiger partial charge in [0, 0.05) is 12.7 Å². The van der Waals surface area contributed by atoms with Crippen LogP contribution in [0, 0.1) is 0 Å². The molecule has 0 saturated carbocycles. The number of aromatic nitrogens is 3. The first kappa shape index (κ1) is 16.1. The number of fused-ring (bicyclic) bond motifs is 1. The summed E-state index contributed by atoms with van der Waals surface area (Å²) < 4.78 is 5.23. The van der Waals surface area contributed by atoms with E-state index in [0.29, 0.717) is 5.65 Å². The molecule has 0 amide bonds. The van der Waals surface area contributed by atoms with Crippen molar-refractivity contribution in [1.82, 2.24) is 19.9 Å². The van der Waals surface area contributed by atoms with Crippen LogP contribution in [-0.2, 0) is 0 Å². The van der Waals surface area contributed by atoms with Gasteiger partial charge < -0.3 is 15.0 Å². The van der Waals surface area contributed by atoms with Crippen LogP contribution < -0.4 is 10.1 Å².